The lowest BCUT2D eigenvalue weighted by atomic mass is 9.72. The maximum atomic E-state index is 13.2. The van der Waals surface area contributed by atoms with Crippen molar-refractivity contribution in [2.45, 2.75) is 53.4 Å². The Labute approximate surface area is 179 Å². The van der Waals surface area contributed by atoms with Crippen LogP contribution in [0.5, 0.6) is 0 Å². The predicted octanol–water partition coefficient (Wildman–Crippen LogP) is 6.26. The van der Waals surface area contributed by atoms with E-state index in [0.717, 1.165) is 35.0 Å². The van der Waals surface area contributed by atoms with Crippen LogP contribution in [0.25, 0.3) is 0 Å². The van der Waals surface area contributed by atoms with Crippen molar-refractivity contribution in [2.24, 2.45) is 11.3 Å². The molecule has 2 aromatic rings. The van der Waals surface area contributed by atoms with Crippen LogP contribution in [0.2, 0.25) is 0 Å². The molecule has 1 aliphatic rings. The fourth-order valence-corrected chi connectivity index (χ4v) is 5.34. The number of thiophene rings is 1. The zero-order valence-corrected chi connectivity index (χ0v) is 19.2. The second-order valence-electron chi connectivity index (χ2n) is 8.35. The lowest BCUT2D eigenvalue weighted by Crippen LogP contribution is -2.27. The fraction of sp³-hybridized carbons (Fsp3) is 0.455. The van der Waals surface area contributed by atoms with Crippen LogP contribution >= 0.6 is 27.3 Å². The molecule has 0 radical (unpaired) electrons. The third-order valence-electron chi connectivity index (χ3n) is 5.41. The molecule has 6 heteroatoms. The van der Waals surface area contributed by atoms with E-state index in [0.29, 0.717) is 22.9 Å². The monoisotopic (exact) mass is 462 g/mol. The van der Waals surface area contributed by atoms with E-state index < -0.39 is 0 Å². The van der Waals surface area contributed by atoms with E-state index in [2.05, 4.69) is 47.3 Å². The van der Waals surface area contributed by atoms with Gasteiger partial charge >= 0.3 is 0 Å². The van der Waals surface area contributed by atoms with Crippen LogP contribution in [0.15, 0.2) is 28.7 Å². The van der Waals surface area contributed by atoms with Gasteiger partial charge in [-0.1, -0.05) is 39.8 Å². The van der Waals surface area contributed by atoms with Crippen molar-refractivity contribution < 1.29 is 9.59 Å². The predicted molar refractivity (Wildman–Crippen MR) is 120 cm³/mol. The zero-order valence-electron chi connectivity index (χ0n) is 16.8. The first-order chi connectivity index (χ1) is 13.2. The number of hydrogen-bond donors (Lipinski definition) is 2. The molecule has 3 rings (SSSR count). The molecular weight excluding hydrogens is 436 g/mol. The summed E-state index contributed by atoms with van der Waals surface area (Å²) in [7, 11) is 0. The minimum absolute atomic E-state index is 0.0686. The van der Waals surface area contributed by atoms with E-state index in [1.807, 2.05) is 31.2 Å². The van der Waals surface area contributed by atoms with Crippen molar-refractivity contribution >= 4 is 49.8 Å². The number of carbonyl (C=O) groups excluding carboxylic acids is 2. The van der Waals surface area contributed by atoms with Crippen molar-refractivity contribution in [3.8, 4) is 0 Å². The minimum atomic E-state index is -0.162. The highest BCUT2D eigenvalue weighted by Gasteiger charge is 2.34. The molecule has 2 amide bonds. The summed E-state index contributed by atoms with van der Waals surface area (Å²) in [6, 6.07) is 7.55. The standard InChI is InChI=1S/C22H27BrN2O2S/c1-5-18(26)25-21-19(20(27)24-16-9-7-6-8-15(16)23)14-11-10-13(22(2,3)4)12-17(14)28-21/h6-9,13H,5,10-12H2,1-4H3,(H,24,27)(H,25,26). The molecule has 0 spiro atoms. The number of para-hydroxylation sites is 1. The van der Waals surface area contributed by atoms with Crippen molar-refractivity contribution in [1.82, 2.24) is 0 Å². The van der Waals surface area contributed by atoms with Gasteiger partial charge < -0.3 is 10.6 Å². The van der Waals surface area contributed by atoms with Gasteiger partial charge in [-0.25, -0.2) is 0 Å². The molecule has 1 aromatic carbocycles. The summed E-state index contributed by atoms with van der Waals surface area (Å²) in [5, 5.41) is 6.64. The summed E-state index contributed by atoms with van der Waals surface area (Å²) in [4.78, 5) is 26.5. The van der Waals surface area contributed by atoms with Crippen LogP contribution in [0.4, 0.5) is 10.7 Å². The molecule has 0 fully saturated rings. The second-order valence-corrected chi connectivity index (χ2v) is 10.3. The molecule has 2 N–H and O–H groups in total. The Morgan fingerprint density at radius 2 is 1.93 bits per heavy atom. The number of carbonyl (C=O) groups is 2. The van der Waals surface area contributed by atoms with Crippen molar-refractivity contribution in [3.63, 3.8) is 0 Å². The lowest BCUT2D eigenvalue weighted by molar-refractivity contribution is -0.115. The van der Waals surface area contributed by atoms with E-state index in [-0.39, 0.29) is 17.2 Å². The summed E-state index contributed by atoms with van der Waals surface area (Å²) in [6.45, 7) is 8.64. The normalized spacial score (nSPS) is 16.4. The lowest BCUT2D eigenvalue weighted by Gasteiger charge is -2.33. The molecule has 28 heavy (non-hydrogen) atoms. The van der Waals surface area contributed by atoms with Crippen molar-refractivity contribution in [3.05, 3.63) is 44.7 Å². The van der Waals surface area contributed by atoms with Gasteiger partial charge in [0.2, 0.25) is 5.91 Å². The Hall–Kier alpha value is -1.66. The maximum absolute atomic E-state index is 13.2. The number of hydrogen-bond acceptors (Lipinski definition) is 3. The number of nitrogens with one attached hydrogen (secondary N) is 2. The fourth-order valence-electron chi connectivity index (χ4n) is 3.62. The molecule has 1 aromatic heterocycles. The number of rotatable bonds is 4. The number of anilines is 2. The van der Waals surface area contributed by atoms with Crippen LogP contribution in [0.3, 0.4) is 0 Å². The molecule has 4 nitrogen and oxygen atoms in total. The second kappa shape index (κ2) is 8.37. The Morgan fingerprint density at radius 1 is 1.21 bits per heavy atom. The van der Waals surface area contributed by atoms with Crippen molar-refractivity contribution in [1.29, 1.82) is 0 Å². The summed E-state index contributed by atoms with van der Waals surface area (Å²) in [5.74, 6) is 0.346. The summed E-state index contributed by atoms with van der Waals surface area (Å²) in [5.41, 5.74) is 2.68. The highest BCUT2D eigenvalue weighted by molar-refractivity contribution is 9.10. The van der Waals surface area contributed by atoms with Crippen LogP contribution < -0.4 is 10.6 Å². The zero-order chi connectivity index (χ0) is 20.5. The first-order valence-corrected chi connectivity index (χ1v) is 11.3. The van der Waals surface area contributed by atoms with Gasteiger partial charge in [0.1, 0.15) is 5.00 Å². The van der Waals surface area contributed by atoms with Gasteiger partial charge in [0.05, 0.1) is 11.3 Å². The first kappa shape index (κ1) is 21.1. The summed E-state index contributed by atoms with van der Waals surface area (Å²) >= 11 is 5.04. The quantitative estimate of drug-likeness (QED) is 0.562. The largest absolute Gasteiger partial charge is 0.321 e. The Balaban J connectivity index is 1.97. The number of fused-ring (bicyclic) bond motifs is 1. The molecule has 0 aliphatic heterocycles. The highest BCUT2D eigenvalue weighted by atomic mass is 79.9. The van der Waals surface area contributed by atoms with Crippen molar-refractivity contribution in [2.75, 3.05) is 10.6 Å². The maximum Gasteiger partial charge on any atom is 0.258 e. The van der Waals surface area contributed by atoms with Gasteiger partial charge in [0.15, 0.2) is 0 Å². The average molecular weight is 463 g/mol. The highest BCUT2D eigenvalue weighted by Crippen LogP contribution is 2.44. The Bertz CT molecular complexity index is 898. The number of halogens is 1. The Kier molecular flexibility index (Phi) is 6.30. The van der Waals surface area contributed by atoms with E-state index in [1.165, 1.54) is 4.88 Å². The van der Waals surface area contributed by atoms with Crippen LogP contribution in [-0.2, 0) is 17.6 Å². The van der Waals surface area contributed by atoms with Gasteiger partial charge in [0, 0.05) is 15.8 Å². The van der Waals surface area contributed by atoms with Gasteiger partial charge in [-0.2, -0.15) is 0 Å². The molecule has 1 atom stereocenters. The molecular formula is C22H27BrN2O2S. The third kappa shape index (κ3) is 4.49. The number of benzene rings is 1. The van der Waals surface area contributed by atoms with Gasteiger partial charge in [-0.15, -0.1) is 11.3 Å². The summed E-state index contributed by atoms with van der Waals surface area (Å²) in [6.07, 6.45) is 3.28. The van der Waals surface area contributed by atoms with Crippen LogP contribution in [0.1, 0.15) is 61.3 Å². The SMILES string of the molecule is CCC(=O)Nc1sc2c(c1C(=O)Nc1ccccc1Br)CCC(C(C)(C)C)C2. The van der Waals surface area contributed by atoms with E-state index in [9.17, 15) is 9.59 Å². The van der Waals surface area contributed by atoms with E-state index in [1.54, 1.807) is 11.3 Å². The third-order valence-corrected chi connectivity index (χ3v) is 7.27. The average Bonchev–Trinajstić information content (AvgIpc) is 2.99. The molecule has 0 saturated carbocycles. The minimum Gasteiger partial charge on any atom is -0.321 e. The van der Waals surface area contributed by atoms with Gasteiger partial charge in [-0.3, -0.25) is 9.59 Å². The molecule has 0 saturated heterocycles. The molecule has 1 heterocycles. The van der Waals surface area contributed by atoms with Gasteiger partial charge in [0.25, 0.3) is 5.91 Å². The molecule has 150 valence electrons. The van der Waals surface area contributed by atoms with Crippen LogP contribution in [-0.4, -0.2) is 11.8 Å². The number of amides is 2. The topological polar surface area (TPSA) is 58.2 Å². The summed E-state index contributed by atoms with van der Waals surface area (Å²) < 4.78 is 0.833. The molecule has 0 bridgehead atoms. The molecule has 1 unspecified atom stereocenters. The van der Waals surface area contributed by atoms with Gasteiger partial charge in [-0.05, 0) is 64.2 Å². The first-order valence-electron chi connectivity index (χ1n) is 9.71. The van der Waals surface area contributed by atoms with E-state index in [4.69, 9.17) is 0 Å². The molecule has 1 aliphatic carbocycles. The smallest absolute Gasteiger partial charge is 0.258 e. The van der Waals surface area contributed by atoms with Crippen LogP contribution in [0, 0.1) is 11.3 Å². The van der Waals surface area contributed by atoms with E-state index >= 15 is 0 Å². The Morgan fingerprint density at radius 3 is 2.57 bits per heavy atom.